The number of halogens is 3. The van der Waals surface area contributed by atoms with E-state index in [-0.39, 0.29) is 11.9 Å². The molecule has 3 atom stereocenters. The first-order valence-electron chi connectivity index (χ1n) is 8.40. The number of hydrogen-bond donors (Lipinski definition) is 2. The van der Waals surface area contributed by atoms with Crippen molar-refractivity contribution in [2.75, 3.05) is 0 Å². The molecule has 2 N–H and O–H groups in total. The zero-order chi connectivity index (χ0) is 18.3. The third-order valence-corrected chi connectivity index (χ3v) is 7.01. The summed E-state index contributed by atoms with van der Waals surface area (Å²) in [4.78, 5) is 13.5. The minimum absolute atomic E-state index is 0.106. The van der Waals surface area contributed by atoms with Gasteiger partial charge in [-0.2, -0.15) is 13.2 Å². The number of thiophene rings is 1. The van der Waals surface area contributed by atoms with Gasteiger partial charge in [0.2, 0.25) is 0 Å². The van der Waals surface area contributed by atoms with Crippen molar-refractivity contribution in [3.05, 3.63) is 46.8 Å². The third-order valence-electron chi connectivity index (χ3n) is 4.80. The van der Waals surface area contributed by atoms with Gasteiger partial charge in [0.1, 0.15) is 0 Å². The minimum atomic E-state index is -4.36. The summed E-state index contributed by atoms with van der Waals surface area (Å²) in [5, 5.41) is 6.57. The molecule has 0 spiro atoms. The number of carbonyl (C=O) groups excluding carboxylic acids is 1. The van der Waals surface area contributed by atoms with Crippen molar-refractivity contribution in [1.82, 2.24) is 10.6 Å². The van der Waals surface area contributed by atoms with E-state index < -0.39 is 11.7 Å². The first-order valence-corrected chi connectivity index (χ1v) is 10.0. The van der Waals surface area contributed by atoms with Crippen LogP contribution < -0.4 is 10.6 Å². The van der Waals surface area contributed by atoms with Gasteiger partial charge in [0.05, 0.1) is 14.6 Å². The Kier molecular flexibility index (Phi) is 4.75. The molecule has 2 aliphatic heterocycles. The Balaban J connectivity index is 1.41. The number of rotatable bonds is 4. The average Bonchev–Trinajstić information content (AvgIpc) is 3.31. The van der Waals surface area contributed by atoms with E-state index in [9.17, 15) is 18.0 Å². The van der Waals surface area contributed by atoms with Crippen LogP contribution in [0.15, 0.2) is 45.5 Å². The maximum absolute atomic E-state index is 12.8. The van der Waals surface area contributed by atoms with E-state index >= 15 is 0 Å². The maximum Gasteiger partial charge on any atom is 0.416 e. The number of fused-ring (bicyclic) bond motifs is 2. The van der Waals surface area contributed by atoms with E-state index in [0.29, 0.717) is 21.9 Å². The highest BCUT2D eigenvalue weighted by Gasteiger charge is 2.39. The van der Waals surface area contributed by atoms with Crippen molar-refractivity contribution in [2.24, 2.45) is 0 Å². The van der Waals surface area contributed by atoms with Gasteiger partial charge in [-0.25, -0.2) is 0 Å². The second kappa shape index (κ2) is 6.90. The van der Waals surface area contributed by atoms with Crippen LogP contribution in [0.2, 0.25) is 0 Å². The second-order valence-corrected chi connectivity index (χ2v) is 9.07. The fraction of sp³-hybridized carbons (Fsp3) is 0.389. The zero-order valence-corrected chi connectivity index (χ0v) is 15.3. The van der Waals surface area contributed by atoms with Gasteiger partial charge >= 0.3 is 6.18 Å². The van der Waals surface area contributed by atoms with Crippen LogP contribution in [0.3, 0.4) is 0 Å². The van der Waals surface area contributed by atoms with Gasteiger partial charge in [-0.15, -0.1) is 11.3 Å². The minimum Gasteiger partial charge on any atom is -0.347 e. The van der Waals surface area contributed by atoms with Gasteiger partial charge < -0.3 is 10.6 Å². The van der Waals surface area contributed by atoms with Crippen molar-refractivity contribution in [3.63, 3.8) is 0 Å². The Labute approximate surface area is 157 Å². The summed E-state index contributed by atoms with van der Waals surface area (Å²) in [6, 6.07) is 9.78. The van der Waals surface area contributed by atoms with Gasteiger partial charge in [0.25, 0.3) is 5.91 Å². The normalized spacial score (nSPS) is 24.8. The molecule has 0 radical (unpaired) electrons. The predicted octanol–water partition coefficient (Wildman–Crippen LogP) is 4.54. The molecule has 3 unspecified atom stereocenters. The Morgan fingerprint density at radius 3 is 2.77 bits per heavy atom. The number of benzene rings is 1. The summed E-state index contributed by atoms with van der Waals surface area (Å²) < 4.78 is 39.2. The standard InChI is InChI=1S/C18H17F3N2OS2/c19-18(20,21)10-2-1-3-12(8-10)25-16-7-6-15(26-16)17(24)23-14-9-11-4-5-13(14)22-11/h1-3,6-8,11,13-14,22H,4-5,9H2,(H,23,24). The molecule has 2 aromatic rings. The summed E-state index contributed by atoms with van der Waals surface area (Å²) in [6.07, 6.45) is -1.12. The van der Waals surface area contributed by atoms with E-state index in [1.807, 2.05) is 0 Å². The van der Waals surface area contributed by atoms with Crippen molar-refractivity contribution in [3.8, 4) is 0 Å². The van der Waals surface area contributed by atoms with Crippen LogP contribution in [0.5, 0.6) is 0 Å². The van der Waals surface area contributed by atoms with Gasteiger partial charge in [0.15, 0.2) is 0 Å². The first kappa shape index (κ1) is 17.9. The highest BCUT2D eigenvalue weighted by atomic mass is 32.2. The molecule has 3 heterocycles. The number of amides is 1. The lowest BCUT2D eigenvalue weighted by Crippen LogP contribution is -2.42. The van der Waals surface area contributed by atoms with E-state index in [1.54, 1.807) is 18.2 Å². The van der Waals surface area contributed by atoms with Gasteiger partial charge in [-0.1, -0.05) is 17.8 Å². The summed E-state index contributed by atoms with van der Waals surface area (Å²) in [5.74, 6) is -0.106. The smallest absolute Gasteiger partial charge is 0.347 e. The van der Waals surface area contributed by atoms with E-state index in [0.717, 1.165) is 29.2 Å². The number of alkyl halides is 3. The molecule has 8 heteroatoms. The topological polar surface area (TPSA) is 41.1 Å². The van der Waals surface area contributed by atoms with Gasteiger partial charge in [-0.05, 0) is 49.6 Å². The number of hydrogen-bond acceptors (Lipinski definition) is 4. The van der Waals surface area contributed by atoms with Gasteiger partial charge in [-0.3, -0.25) is 4.79 Å². The molecule has 0 aliphatic carbocycles. The zero-order valence-electron chi connectivity index (χ0n) is 13.7. The summed E-state index contributed by atoms with van der Waals surface area (Å²) in [6.45, 7) is 0. The third kappa shape index (κ3) is 3.77. The molecule has 1 aromatic carbocycles. The van der Waals surface area contributed by atoms with Crippen molar-refractivity contribution < 1.29 is 18.0 Å². The van der Waals surface area contributed by atoms with Crippen LogP contribution in [0.25, 0.3) is 0 Å². The largest absolute Gasteiger partial charge is 0.416 e. The van der Waals surface area contributed by atoms with Crippen LogP contribution >= 0.6 is 23.1 Å². The Morgan fingerprint density at radius 1 is 1.23 bits per heavy atom. The van der Waals surface area contributed by atoms with Crippen molar-refractivity contribution in [2.45, 2.75) is 52.7 Å². The monoisotopic (exact) mass is 398 g/mol. The van der Waals surface area contributed by atoms with Crippen molar-refractivity contribution in [1.29, 1.82) is 0 Å². The Bertz CT molecular complexity index is 821. The fourth-order valence-electron chi connectivity index (χ4n) is 3.57. The van der Waals surface area contributed by atoms with E-state index in [1.165, 1.54) is 35.6 Å². The molecular formula is C18H17F3N2OS2. The lowest BCUT2D eigenvalue weighted by Gasteiger charge is -2.20. The molecule has 3 nitrogen and oxygen atoms in total. The van der Waals surface area contributed by atoms with Gasteiger partial charge in [0, 0.05) is 23.0 Å². The number of carbonyl (C=O) groups is 1. The Morgan fingerprint density at radius 2 is 2.08 bits per heavy atom. The molecule has 2 bridgehead atoms. The quantitative estimate of drug-likeness (QED) is 0.795. The molecule has 2 saturated heterocycles. The lowest BCUT2D eigenvalue weighted by molar-refractivity contribution is -0.137. The SMILES string of the molecule is O=C(NC1CC2CCC1N2)c1ccc(Sc2cccc(C(F)(F)F)c2)s1. The molecule has 138 valence electrons. The average molecular weight is 398 g/mol. The highest BCUT2D eigenvalue weighted by Crippen LogP contribution is 2.37. The first-order chi connectivity index (χ1) is 12.4. The molecule has 4 rings (SSSR count). The van der Waals surface area contributed by atoms with Crippen LogP contribution in [0.1, 0.15) is 34.5 Å². The molecule has 1 aromatic heterocycles. The molecule has 2 aliphatic rings. The summed E-state index contributed by atoms with van der Waals surface area (Å²) >= 11 is 2.54. The lowest BCUT2D eigenvalue weighted by atomic mass is 9.95. The van der Waals surface area contributed by atoms with Crippen LogP contribution in [-0.4, -0.2) is 24.0 Å². The summed E-state index contributed by atoms with van der Waals surface area (Å²) in [7, 11) is 0. The van der Waals surface area contributed by atoms with Crippen molar-refractivity contribution >= 4 is 29.0 Å². The van der Waals surface area contributed by atoms with E-state index in [4.69, 9.17) is 0 Å². The molecular weight excluding hydrogens is 381 g/mol. The predicted molar refractivity (Wildman–Crippen MR) is 95.7 cm³/mol. The summed E-state index contributed by atoms with van der Waals surface area (Å²) in [5.41, 5.74) is -0.666. The maximum atomic E-state index is 12.8. The Hall–Kier alpha value is -1.51. The second-order valence-electron chi connectivity index (χ2n) is 6.61. The number of nitrogens with one attached hydrogen (secondary N) is 2. The highest BCUT2D eigenvalue weighted by molar-refractivity contribution is 8.01. The van der Waals surface area contributed by atoms with E-state index in [2.05, 4.69) is 10.6 Å². The molecule has 1 amide bonds. The molecule has 2 fully saturated rings. The fourth-order valence-corrected chi connectivity index (χ4v) is 5.64. The van der Waals surface area contributed by atoms with Crippen LogP contribution in [0.4, 0.5) is 13.2 Å². The van der Waals surface area contributed by atoms with Crippen LogP contribution in [-0.2, 0) is 6.18 Å². The molecule has 26 heavy (non-hydrogen) atoms. The van der Waals surface area contributed by atoms with Crippen LogP contribution in [0, 0.1) is 0 Å². The molecule has 0 saturated carbocycles.